The average molecular weight is 211 g/mol. The smallest absolute Gasteiger partial charge is 0.129 e. The minimum absolute atomic E-state index is 0.0154. The van der Waals surface area contributed by atoms with Crippen molar-refractivity contribution in [3.8, 4) is 5.75 Å². The zero-order valence-corrected chi connectivity index (χ0v) is 8.33. The zero-order chi connectivity index (χ0) is 10.9. The largest absolute Gasteiger partial charge is 0.508 e. The summed E-state index contributed by atoms with van der Waals surface area (Å²) in [7, 11) is 0. The molecular formula is C11H14FNO2. The minimum atomic E-state index is -1.14. The Morgan fingerprint density at radius 1 is 1.27 bits per heavy atom. The molecule has 0 aromatic heterocycles. The van der Waals surface area contributed by atoms with Gasteiger partial charge >= 0.3 is 0 Å². The number of phenolic OH excluding ortho intramolecular Hbond substituents is 1. The molecule has 2 rings (SSSR count). The summed E-state index contributed by atoms with van der Waals surface area (Å²) in [6, 6.07) is 3.77. The Morgan fingerprint density at radius 2 is 1.93 bits per heavy atom. The van der Waals surface area contributed by atoms with E-state index in [2.05, 4.69) is 5.32 Å². The van der Waals surface area contributed by atoms with Gasteiger partial charge in [-0.1, -0.05) is 0 Å². The molecule has 1 fully saturated rings. The third-order valence-corrected chi connectivity index (χ3v) is 2.88. The highest BCUT2D eigenvalue weighted by Gasteiger charge is 2.33. The van der Waals surface area contributed by atoms with Crippen LogP contribution in [0.3, 0.4) is 0 Å². The summed E-state index contributed by atoms with van der Waals surface area (Å²) in [5.74, 6) is -0.476. The summed E-state index contributed by atoms with van der Waals surface area (Å²) < 4.78 is 13.5. The first-order valence-corrected chi connectivity index (χ1v) is 5.04. The van der Waals surface area contributed by atoms with Crippen molar-refractivity contribution in [3.05, 3.63) is 29.6 Å². The molecule has 0 aliphatic carbocycles. The molecular weight excluding hydrogens is 197 g/mol. The Kier molecular flexibility index (Phi) is 2.63. The van der Waals surface area contributed by atoms with E-state index in [0.717, 1.165) is 0 Å². The Bertz CT molecular complexity index is 362. The maximum absolute atomic E-state index is 13.5. The summed E-state index contributed by atoms with van der Waals surface area (Å²) in [5.41, 5.74) is -0.947. The van der Waals surface area contributed by atoms with Gasteiger partial charge in [0.05, 0.1) is 5.60 Å². The molecule has 0 amide bonds. The van der Waals surface area contributed by atoms with Crippen molar-refractivity contribution in [1.29, 1.82) is 0 Å². The molecule has 0 unspecified atom stereocenters. The van der Waals surface area contributed by atoms with E-state index in [-0.39, 0.29) is 11.3 Å². The van der Waals surface area contributed by atoms with Gasteiger partial charge in [-0.2, -0.15) is 0 Å². The Hall–Kier alpha value is -1.13. The minimum Gasteiger partial charge on any atom is -0.508 e. The van der Waals surface area contributed by atoms with E-state index in [1.165, 1.54) is 18.2 Å². The Morgan fingerprint density at radius 3 is 2.60 bits per heavy atom. The van der Waals surface area contributed by atoms with Crippen LogP contribution in [0.1, 0.15) is 18.4 Å². The predicted molar refractivity (Wildman–Crippen MR) is 54.1 cm³/mol. The van der Waals surface area contributed by atoms with Gasteiger partial charge in [-0.25, -0.2) is 4.39 Å². The van der Waals surface area contributed by atoms with Gasteiger partial charge < -0.3 is 15.5 Å². The van der Waals surface area contributed by atoms with E-state index >= 15 is 0 Å². The second-order valence-electron chi connectivity index (χ2n) is 3.95. The predicted octanol–water partition coefficient (Wildman–Crippen LogP) is 1.10. The number of nitrogens with one attached hydrogen (secondary N) is 1. The maximum atomic E-state index is 13.5. The highest BCUT2D eigenvalue weighted by molar-refractivity contribution is 5.33. The number of aliphatic hydroxyl groups is 1. The SMILES string of the molecule is Oc1ccc(F)c(C2(O)CCNCC2)c1. The van der Waals surface area contributed by atoms with Crippen molar-refractivity contribution in [1.82, 2.24) is 5.32 Å². The second kappa shape index (κ2) is 3.79. The van der Waals surface area contributed by atoms with Crippen LogP contribution in [0.2, 0.25) is 0 Å². The first kappa shape index (κ1) is 10.4. The lowest BCUT2D eigenvalue weighted by atomic mass is 9.85. The number of benzene rings is 1. The number of aromatic hydroxyl groups is 1. The van der Waals surface area contributed by atoms with Gasteiger partial charge in [0.15, 0.2) is 0 Å². The number of hydrogen-bond acceptors (Lipinski definition) is 3. The van der Waals surface area contributed by atoms with Crippen LogP contribution >= 0.6 is 0 Å². The molecule has 0 radical (unpaired) electrons. The van der Waals surface area contributed by atoms with Gasteiger partial charge in [-0.05, 0) is 44.1 Å². The van der Waals surface area contributed by atoms with E-state index in [1.807, 2.05) is 0 Å². The third kappa shape index (κ3) is 1.96. The fourth-order valence-electron chi connectivity index (χ4n) is 1.98. The molecule has 4 heteroatoms. The second-order valence-corrected chi connectivity index (χ2v) is 3.95. The molecule has 0 bridgehead atoms. The number of piperidine rings is 1. The highest BCUT2D eigenvalue weighted by Crippen LogP contribution is 2.33. The normalized spacial score (nSPS) is 20.1. The summed E-state index contributed by atoms with van der Waals surface area (Å²) in [5, 5.41) is 22.6. The maximum Gasteiger partial charge on any atom is 0.129 e. The van der Waals surface area contributed by atoms with E-state index in [0.29, 0.717) is 25.9 Å². The van der Waals surface area contributed by atoms with Crippen LogP contribution in [0.25, 0.3) is 0 Å². The molecule has 0 atom stereocenters. The molecule has 3 N–H and O–H groups in total. The van der Waals surface area contributed by atoms with Crippen LogP contribution in [0, 0.1) is 5.82 Å². The van der Waals surface area contributed by atoms with Crippen molar-refractivity contribution < 1.29 is 14.6 Å². The summed E-state index contributed by atoms with van der Waals surface area (Å²) >= 11 is 0. The van der Waals surface area contributed by atoms with Crippen molar-refractivity contribution in [3.63, 3.8) is 0 Å². The van der Waals surface area contributed by atoms with Crippen molar-refractivity contribution in [2.75, 3.05) is 13.1 Å². The summed E-state index contributed by atoms with van der Waals surface area (Å²) in [4.78, 5) is 0. The monoisotopic (exact) mass is 211 g/mol. The van der Waals surface area contributed by atoms with Gasteiger partial charge in [-0.3, -0.25) is 0 Å². The number of phenols is 1. The van der Waals surface area contributed by atoms with Crippen LogP contribution < -0.4 is 5.32 Å². The average Bonchev–Trinajstić information content (AvgIpc) is 2.23. The molecule has 1 saturated heterocycles. The molecule has 1 aliphatic rings. The molecule has 3 nitrogen and oxygen atoms in total. The summed E-state index contributed by atoms with van der Waals surface area (Å²) in [6.45, 7) is 1.32. The van der Waals surface area contributed by atoms with Crippen molar-refractivity contribution >= 4 is 0 Å². The molecule has 1 aromatic carbocycles. The first-order valence-electron chi connectivity index (χ1n) is 5.04. The van der Waals surface area contributed by atoms with E-state index in [9.17, 15) is 14.6 Å². The zero-order valence-electron chi connectivity index (χ0n) is 8.33. The van der Waals surface area contributed by atoms with Crippen molar-refractivity contribution in [2.24, 2.45) is 0 Å². The fourth-order valence-corrected chi connectivity index (χ4v) is 1.98. The quantitative estimate of drug-likeness (QED) is 0.652. The molecule has 1 aliphatic heterocycles. The first-order chi connectivity index (χ1) is 7.12. The van der Waals surface area contributed by atoms with Crippen LogP contribution in [0.15, 0.2) is 18.2 Å². The van der Waals surface area contributed by atoms with Gasteiger partial charge in [0.25, 0.3) is 0 Å². The number of hydrogen-bond donors (Lipinski definition) is 3. The molecule has 0 saturated carbocycles. The van der Waals surface area contributed by atoms with Crippen molar-refractivity contribution in [2.45, 2.75) is 18.4 Å². The Balaban J connectivity index is 2.38. The molecule has 0 spiro atoms. The molecule has 1 aromatic rings. The van der Waals surface area contributed by atoms with Gasteiger partial charge in [0.2, 0.25) is 0 Å². The van der Waals surface area contributed by atoms with E-state index < -0.39 is 11.4 Å². The topological polar surface area (TPSA) is 52.5 Å². The highest BCUT2D eigenvalue weighted by atomic mass is 19.1. The molecule has 1 heterocycles. The van der Waals surface area contributed by atoms with Gasteiger partial charge in [0.1, 0.15) is 11.6 Å². The van der Waals surface area contributed by atoms with E-state index in [1.54, 1.807) is 0 Å². The van der Waals surface area contributed by atoms with Crippen LogP contribution in [-0.2, 0) is 5.60 Å². The molecule has 82 valence electrons. The van der Waals surface area contributed by atoms with Gasteiger partial charge in [-0.15, -0.1) is 0 Å². The molecule has 15 heavy (non-hydrogen) atoms. The lowest BCUT2D eigenvalue weighted by Gasteiger charge is -2.33. The summed E-state index contributed by atoms with van der Waals surface area (Å²) in [6.07, 6.45) is 0.931. The fraction of sp³-hybridized carbons (Fsp3) is 0.455. The standard InChI is InChI=1S/C11H14FNO2/c12-10-2-1-8(14)7-9(10)11(15)3-5-13-6-4-11/h1-2,7,13-15H,3-6H2. The number of rotatable bonds is 1. The van der Waals surface area contributed by atoms with Crippen LogP contribution in [-0.4, -0.2) is 23.3 Å². The number of halogens is 1. The van der Waals surface area contributed by atoms with Crippen LogP contribution in [0.5, 0.6) is 5.75 Å². The van der Waals surface area contributed by atoms with E-state index in [4.69, 9.17) is 0 Å². The Labute approximate surface area is 87.6 Å². The lowest BCUT2D eigenvalue weighted by molar-refractivity contribution is 0.00257. The van der Waals surface area contributed by atoms with Crippen LogP contribution in [0.4, 0.5) is 4.39 Å². The lowest BCUT2D eigenvalue weighted by Crippen LogP contribution is -2.40. The third-order valence-electron chi connectivity index (χ3n) is 2.88. The van der Waals surface area contributed by atoms with Gasteiger partial charge in [0, 0.05) is 5.56 Å².